The second-order valence-electron chi connectivity index (χ2n) is 4.68. The lowest BCUT2D eigenvalue weighted by Gasteiger charge is -2.27. The molecule has 0 aromatic heterocycles. The van der Waals surface area contributed by atoms with Crippen molar-refractivity contribution in [1.29, 1.82) is 0 Å². The molecule has 1 N–H and O–H groups in total. The van der Waals surface area contributed by atoms with Crippen LogP contribution in [-0.4, -0.2) is 12.6 Å². The second-order valence-corrected chi connectivity index (χ2v) is 4.68. The van der Waals surface area contributed by atoms with Crippen LogP contribution in [0.5, 0.6) is 0 Å². The highest BCUT2D eigenvalue weighted by molar-refractivity contribution is 4.83. The summed E-state index contributed by atoms with van der Waals surface area (Å²) in [6, 6.07) is 0.707. The Bertz CT molecular complexity index is 125. The summed E-state index contributed by atoms with van der Waals surface area (Å²) in [5.41, 5.74) is 0.654. The summed E-state index contributed by atoms with van der Waals surface area (Å²) in [7, 11) is 0. The first-order valence-corrected chi connectivity index (χ1v) is 5.40. The van der Waals surface area contributed by atoms with Crippen LogP contribution in [0.1, 0.15) is 52.9 Å². The lowest BCUT2D eigenvalue weighted by molar-refractivity contribution is 0.269. The Morgan fingerprint density at radius 2 is 1.92 bits per heavy atom. The smallest absolute Gasteiger partial charge is 0.00437 e. The number of hydrogen-bond acceptors (Lipinski definition) is 1. The van der Waals surface area contributed by atoms with Gasteiger partial charge in [0.1, 0.15) is 0 Å². The lowest BCUT2D eigenvalue weighted by atomic mass is 9.82. The van der Waals surface area contributed by atoms with E-state index in [2.05, 4.69) is 26.1 Å². The molecule has 0 saturated heterocycles. The van der Waals surface area contributed by atoms with Crippen LogP contribution in [0.4, 0.5) is 0 Å². The van der Waals surface area contributed by atoms with Crippen LogP contribution >= 0.6 is 0 Å². The molecule has 72 valence electrons. The van der Waals surface area contributed by atoms with Crippen LogP contribution in [0.15, 0.2) is 0 Å². The molecule has 1 aliphatic carbocycles. The maximum atomic E-state index is 3.50. The summed E-state index contributed by atoms with van der Waals surface area (Å²) in [6.07, 6.45) is 7.16. The molecule has 0 heterocycles. The van der Waals surface area contributed by atoms with Crippen LogP contribution in [0.3, 0.4) is 0 Å². The topological polar surface area (TPSA) is 12.0 Å². The maximum Gasteiger partial charge on any atom is 0.00437 e. The molecule has 0 aliphatic heterocycles. The molecule has 1 aliphatic rings. The Morgan fingerprint density at radius 3 is 2.42 bits per heavy atom. The summed E-state index contributed by atoms with van der Waals surface area (Å²) in [5, 5.41) is 3.50. The molecule has 0 amide bonds. The second kappa shape index (κ2) is 4.27. The van der Waals surface area contributed by atoms with Gasteiger partial charge in [0.2, 0.25) is 0 Å². The zero-order valence-electron chi connectivity index (χ0n) is 8.82. The minimum atomic E-state index is 0.654. The first-order chi connectivity index (χ1) is 5.66. The fraction of sp³-hybridized carbons (Fsp3) is 1.00. The Hall–Kier alpha value is -0.0400. The van der Waals surface area contributed by atoms with Gasteiger partial charge in [0.05, 0.1) is 0 Å². The van der Waals surface area contributed by atoms with Gasteiger partial charge < -0.3 is 5.32 Å². The van der Waals surface area contributed by atoms with E-state index in [-0.39, 0.29) is 0 Å². The van der Waals surface area contributed by atoms with E-state index < -0.39 is 0 Å². The normalized spacial score (nSPS) is 24.2. The van der Waals surface area contributed by atoms with Gasteiger partial charge in [-0.1, -0.05) is 26.7 Å². The molecule has 1 rings (SSSR count). The first kappa shape index (κ1) is 10.0. The molecule has 12 heavy (non-hydrogen) atoms. The van der Waals surface area contributed by atoms with Crippen molar-refractivity contribution in [2.45, 2.75) is 58.9 Å². The molecule has 1 heteroatoms. The molecule has 0 bridgehead atoms. The van der Waals surface area contributed by atoms with Crippen molar-refractivity contribution in [3.63, 3.8) is 0 Å². The van der Waals surface area contributed by atoms with Crippen molar-refractivity contribution in [2.75, 3.05) is 6.54 Å². The van der Waals surface area contributed by atoms with Crippen LogP contribution in [-0.2, 0) is 0 Å². The SMILES string of the molecule is CCNC(C)CC1(C)CCCC1. The number of rotatable bonds is 4. The predicted octanol–water partition coefficient (Wildman–Crippen LogP) is 2.95. The highest BCUT2D eigenvalue weighted by Crippen LogP contribution is 2.41. The molecule has 1 saturated carbocycles. The first-order valence-electron chi connectivity index (χ1n) is 5.40. The van der Waals surface area contributed by atoms with Gasteiger partial charge in [-0.05, 0) is 38.1 Å². The molecule has 1 nitrogen and oxygen atoms in total. The largest absolute Gasteiger partial charge is 0.315 e. The van der Waals surface area contributed by atoms with Crippen LogP contribution in [0.2, 0.25) is 0 Å². The third-order valence-corrected chi connectivity index (χ3v) is 3.16. The average Bonchev–Trinajstić information content (AvgIpc) is 2.36. The monoisotopic (exact) mass is 169 g/mol. The summed E-state index contributed by atoms with van der Waals surface area (Å²) >= 11 is 0. The van der Waals surface area contributed by atoms with E-state index in [0.717, 1.165) is 6.54 Å². The van der Waals surface area contributed by atoms with Crippen molar-refractivity contribution in [3.05, 3.63) is 0 Å². The van der Waals surface area contributed by atoms with E-state index >= 15 is 0 Å². The number of hydrogen-bond donors (Lipinski definition) is 1. The quantitative estimate of drug-likeness (QED) is 0.682. The Morgan fingerprint density at radius 1 is 1.33 bits per heavy atom. The van der Waals surface area contributed by atoms with E-state index in [9.17, 15) is 0 Å². The fourth-order valence-electron chi connectivity index (χ4n) is 2.59. The maximum absolute atomic E-state index is 3.50. The average molecular weight is 169 g/mol. The zero-order valence-corrected chi connectivity index (χ0v) is 8.82. The van der Waals surface area contributed by atoms with Crippen molar-refractivity contribution in [1.82, 2.24) is 5.32 Å². The van der Waals surface area contributed by atoms with E-state index in [0.29, 0.717) is 11.5 Å². The summed E-state index contributed by atoms with van der Waals surface area (Å²) < 4.78 is 0. The number of nitrogens with one attached hydrogen (secondary N) is 1. The van der Waals surface area contributed by atoms with Crippen LogP contribution < -0.4 is 5.32 Å². The van der Waals surface area contributed by atoms with Gasteiger partial charge in [-0.3, -0.25) is 0 Å². The highest BCUT2D eigenvalue weighted by atomic mass is 14.9. The molecule has 0 spiro atoms. The predicted molar refractivity (Wildman–Crippen MR) is 54.3 cm³/mol. The van der Waals surface area contributed by atoms with Crippen LogP contribution in [0.25, 0.3) is 0 Å². The molecule has 0 aromatic carbocycles. The van der Waals surface area contributed by atoms with Gasteiger partial charge in [-0.25, -0.2) is 0 Å². The van der Waals surface area contributed by atoms with E-state index in [1.165, 1.54) is 32.1 Å². The van der Waals surface area contributed by atoms with Crippen molar-refractivity contribution in [3.8, 4) is 0 Å². The van der Waals surface area contributed by atoms with Gasteiger partial charge in [0, 0.05) is 6.04 Å². The standard InChI is InChI=1S/C11H23N/c1-4-12-10(2)9-11(3)7-5-6-8-11/h10,12H,4-9H2,1-3H3. The third kappa shape index (κ3) is 2.78. The molecular formula is C11H23N. The van der Waals surface area contributed by atoms with Crippen molar-refractivity contribution in [2.24, 2.45) is 5.41 Å². The lowest BCUT2D eigenvalue weighted by Crippen LogP contribution is -2.31. The molecule has 1 unspecified atom stereocenters. The minimum absolute atomic E-state index is 0.654. The van der Waals surface area contributed by atoms with Crippen LogP contribution in [0, 0.1) is 5.41 Å². The molecule has 1 atom stereocenters. The Balaban J connectivity index is 2.28. The van der Waals surface area contributed by atoms with Gasteiger partial charge in [0.15, 0.2) is 0 Å². The molecule has 0 aromatic rings. The van der Waals surface area contributed by atoms with Gasteiger partial charge in [-0.2, -0.15) is 0 Å². The highest BCUT2D eigenvalue weighted by Gasteiger charge is 2.29. The molecule has 1 fully saturated rings. The fourth-order valence-corrected chi connectivity index (χ4v) is 2.59. The summed E-state index contributed by atoms with van der Waals surface area (Å²) in [4.78, 5) is 0. The van der Waals surface area contributed by atoms with Gasteiger partial charge in [0.25, 0.3) is 0 Å². The molecule has 0 radical (unpaired) electrons. The van der Waals surface area contributed by atoms with Gasteiger partial charge >= 0.3 is 0 Å². The zero-order chi connectivity index (χ0) is 9.03. The van der Waals surface area contributed by atoms with E-state index in [1.807, 2.05) is 0 Å². The Labute approximate surface area is 76.9 Å². The van der Waals surface area contributed by atoms with E-state index in [1.54, 1.807) is 0 Å². The third-order valence-electron chi connectivity index (χ3n) is 3.16. The Kier molecular flexibility index (Phi) is 3.57. The summed E-state index contributed by atoms with van der Waals surface area (Å²) in [6.45, 7) is 8.06. The van der Waals surface area contributed by atoms with Gasteiger partial charge in [-0.15, -0.1) is 0 Å². The van der Waals surface area contributed by atoms with Crippen molar-refractivity contribution >= 4 is 0 Å². The minimum Gasteiger partial charge on any atom is -0.315 e. The molecular weight excluding hydrogens is 146 g/mol. The van der Waals surface area contributed by atoms with E-state index in [4.69, 9.17) is 0 Å². The summed E-state index contributed by atoms with van der Waals surface area (Å²) in [5.74, 6) is 0. The van der Waals surface area contributed by atoms with Crippen molar-refractivity contribution < 1.29 is 0 Å².